The van der Waals surface area contributed by atoms with Gasteiger partial charge in [0.05, 0.1) is 17.1 Å². The first kappa shape index (κ1) is 14.0. The van der Waals surface area contributed by atoms with Crippen LogP contribution < -0.4 is 5.32 Å². The molecule has 19 heavy (non-hydrogen) atoms. The van der Waals surface area contributed by atoms with Crippen molar-refractivity contribution in [1.29, 1.82) is 0 Å². The number of nitrogens with one attached hydrogen (secondary N) is 1. The highest BCUT2D eigenvalue weighted by Crippen LogP contribution is 2.25. The zero-order valence-corrected chi connectivity index (χ0v) is 12.5. The summed E-state index contributed by atoms with van der Waals surface area (Å²) in [4.78, 5) is 15.9. The molecule has 0 bridgehead atoms. The molecule has 0 saturated carbocycles. The molecule has 1 aromatic heterocycles. The van der Waals surface area contributed by atoms with Crippen LogP contribution in [0.3, 0.4) is 0 Å². The molecule has 1 atom stereocenters. The summed E-state index contributed by atoms with van der Waals surface area (Å²) in [6.07, 6.45) is 3.06. The highest BCUT2D eigenvalue weighted by Gasteiger charge is 2.14. The van der Waals surface area contributed by atoms with Gasteiger partial charge in [-0.05, 0) is 35.0 Å². The van der Waals surface area contributed by atoms with E-state index in [4.69, 9.17) is 11.6 Å². The lowest BCUT2D eigenvalue weighted by Gasteiger charge is -2.14. The molecule has 1 N–H and O–H groups in total. The number of carbonyl (C=O) groups is 1. The van der Waals surface area contributed by atoms with Crippen LogP contribution in [0.4, 0.5) is 0 Å². The van der Waals surface area contributed by atoms with Gasteiger partial charge in [-0.15, -0.1) is 0 Å². The Labute approximate surface area is 124 Å². The third-order valence-corrected chi connectivity index (χ3v) is 3.80. The maximum atomic E-state index is 12.1. The highest BCUT2D eigenvalue weighted by atomic mass is 79.9. The van der Waals surface area contributed by atoms with E-state index in [-0.39, 0.29) is 11.9 Å². The normalized spacial score (nSPS) is 12.2. The van der Waals surface area contributed by atoms with E-state index >= 15 is 0 Å². The Bertz CT molecular complexity index is 573. The van der Waals surface area contributed by atoms with Gasteiger partial charge in [-0.3, -0.25) is 9.48 Å². The van der Waals surface area contributed by atoms with Gasteiger partial charge in [0.25, 0.3) is 5.91 Å². The van der Waals surface area contributed by atoms with Crippen LogP contribution in [-0.4, -0.2) is 26.7 Å². The quantitative estimate of drug-likeness (QED) is 0.928. The lowest BCUT2D eigenvalue weighted by atomic mass is 10.2. The van der Waals surface area contributed by atoms with Crippen molar-refractivity contribution in [1.82, 2.24) is 20.1 Å². The number of carbonyl (C=O) groups excluding carboxylic acids is 1. The second kappa shape index (κ2) is 6.16. The van der Waals surface area contributed by atoms with E-state index < -0.39 is 0 Å². The van der Waals surface area contributed by atoms with Crippen molar-refractivity contribution in [2.75, 3.05) is 0 Å². The fraction of sp³-hybridized carbons (Fsp3) is 0.250. The first-order valence-corrected chi connectivity index (χ1v) is 6.82. The molecule has 0 spiro atoms. The Morgan fingerprint density at radius 1 is 1.58 bits per heavy atom. The molecular formula is C12H12BrClN4O. The van der Waals surface area contributed by atoms with Gasteiger partial charge in [0.15, 0.2) is 0 Å². The molecule has 2 aromatic rings. The zero-order chi connectivity index (χ0) is 13.8. The van der Waals surface area contributed by atoms with Gasteiger partial charge in [0.1, 0.15) is 12.7 Å². The van der Waals surface area contributed by atoms with Gasteiger partial charge in [0.2, 0.25) is 0 Å². The first-order valence-electron chi connectivity index (χ1n) is 5.65. The summed E-state index contributed by atoms with van der Waals surface area (Å²) in [6, 6.07) is 5.17. The molecule has 0 aliphatic heterocycles. The Kier molecular flexibility index (Phi) is 4.55. The van der Waals surface area contributed by atoms with E-state index in [9.17, 15) is 4.79 Å². The summed E-state index contributed by atoms with van der Waals surface area (Å²) >= 11 is 9.37. The Balaban J connectivity index is 2.02. The molecule has 100 valence electrons. The number of benzene rings is 1. The Morgan fingerprint density at radius 3 is 3.05 bits per heavy atom. The van der Waals surface area contributed by atoms with Crippen molar-refractivity contribution in [2.45, 2.75) is 19.5 Å². The standard InChI is InChI=1S/C12H12BrClN4O/c1-8(5-18-7-15-6-16-18)17-12(19)9-3-2-4-10(13)11(9)14/h2-4,6-8H,5H2,1H3,(H,17,19). The topological polar surface area (TPSA) is 59.8 Å². The molecule has 2 rings (SSSR count). The maximum Gasteiger partial charge on any atom is 0.253 e. The van der Waals surface area contributed by atoms with Gasteiger partial charge in [-0.1, -0.05) is 17.7 Å². The van der Waals surface area contributed by atoms with Gasteiger partial charge >= 0.3 is 0 Å². The predicted molar refractivity (Wildman–Crippen MR) is 76.1 cm³/mol. The zero-order valence-electron chi connectivity index (χ0n) is 10.2. The fourth-order valence-electron chi connectivity index (χ4n) is 1.63. The van der Waals surface area contributed by atoms with E-state index in [0.29, 0.717) is 21.6 Å². The number of hydrogen-bond acceptors (Lipinski definition) is 3. The maximum absolute atomic E-state index is 12.1. The summed E-state index contributed by atoms with van der Waals surface area (Å²) in [7, 11) is 0. The average Bonchev–Trinajstić information content (AvgIpc) is 2.85. The number of nitrogens with zero attached hydrogens (tertiary/aromatic N) is 3. The van der Waals surface area contributed by atoms with Crippen LogP contribution in [0.2, 0.25) is 5.02 Å². The number of aromatic nitrogens is 3. The Hall–Kier alpha value is -1.40. The predicted octanol–water partition coefficient (Wildman–Crippen LogP) is 2.51. The van der Waals surface area contributed by atoms with Crippen molar-refractivity contribution in [3.8, 4) is 0 Å². The van der Waals surface area contributed by atoms with Gasteiger partial charge in [-0.2, -0.15) is 5.10 Å². The minimum Gasteiger partial charge on any atom is -0.348 e. The highest BCUT2D eigenvalue weighted by molar-refractivity contribution is 9.10. The van der Waals surface area contributed by atoms with Gasteiger partial charge in [0, 0.05) is 10.5 Å². The molecule has 0 fully saturated rings. The second-order valence-corrected chi connectivity index (χ2v) is 5.33. The lowest BCUT2D eigenvalue weighted by molar-refractivity contribution is 0.0936. The Morgan fingerprint density at radius 2 is 2.37 bits per heavy atom. The summed E-state index contributed by atoms with van der Waals surface area (Å²) in [6.45, 7) is 2.45. The van der Waals surface area contributed by atoms with Crippen LogP contribution in [0.1, 0.15) is 17.3 Å². The van der Waals surface area contributed by atoms with Crippen molar-refractivity contribution in [3.05, 3.63) is 45.9 Å². The van der Waals surface area contributed by atoms with E-state index in [1.165, 1.54) is 6.33 Å². The van der Waals surface area contributed by atoms with Crippen molar-refractivity contribution >= 4 is 33.4 Å². The average molecular weight is 344 g/mol. The number of amides is 1. The molecule has 1 unspecified atom stereocenters. The monoisotopic (exact) mass is 342 g/mol. The first-order chi connectivity index (χ1) is 9.08. The molecule has 0 radical (unpaired) electrons. The lowest BCUT2D eigenvalue weighted by Crippen LogP contribution is -2.36. The van der Waals surface area contributed by atoms with Crippen molar-refractivity contribution < 1.29 is 4.79 Å². The molecule has 5 nitrogen and oxygen atoms in total. The molecule has 1 amide bonds. The van der Waals surface area contributed by atoms with Crippen LogP contribution in [-0.2, 0) is 6.54 Å². The number of hydrogen-bond donors (Lipinski definition) is 1. The van der Waals surface area contributed by atoms with Crippen LogP contribution in [0.15, 0.2) is 35.3 Å². The summed E-state index contributed by atoms with van der Waals surface area (Å²) in [5.74, 6) is -0.209. The smallest absolute Gasteiger partial charge is 0.253 e. The van der Waals surface area contributed by atoms with Gasteiger partial charge in [-0.25, -0.2) is 4.98 Å². The minimum atomic E-state index is -0.209. The van der Waals surface area contributed by atoms with Crippen LogP contribution >= 0.6 is 27.5 Å². The summed E-state index contributed by atoms with van der Waals surface area (Å²) < 4.78 is 2.36. The van der Waals surface area contributed by atoms with Crippen molar-refractivity contribution in [2.24, 2.45) is 0 Å². The van der Waals surface area contributed by atoms with E-state index in [0.717, 1.165) is 0 Å². The molecule has 0 aliphatic carbocycles. The number of rotatable bonds is 4. The number of halogens is 2. The van der Waals surface area contributed by atoms with Crippen LogP contribution in [0.5, 0.6) is 0 Å². The molecule has 1 heterocycles. The SMILES string of the molecule is CC(Cn1cncn1)NC(=O)c1cccc(Br)c1Cl. The summed E-state index contributed by atoms with van der Waals surface area (Å²) in [5, 5.41) is 7.27. The molecular weight excluding hydrogens is 332 g/mol. The van der Waals surface area contributed by atoms with Gasteiger partial charge < -0.3 is 5.32 Å². The van der Waals surface area contributed by atoms with Crippen molar-refractivity contribution in [3.63, 3.8) is 0 Å². The molecule has 0 saturated heterocycles. The van der Waals surface area contributed by atoms with E-state index in [1.807, 2.05) is 6.92 Å². The third kappa shape index (κ3) is 3.54. The third-order valence-electron chi connectivity index (χ3n) is 2.50. The van der Waals surface area contributed by atoms with E-state index in [2.05, 4.69) is 31.3 Å². The van der Waals surface area contributed by atoms with Crippen LogP contribution in [0, 0.1) is 0 Å². The minimum absolute atomic E-state index is 0.0794. The van der Waals surface area contributed by atoms with Crippen LogP contribution in [0.25, 0.3) is 0 Å². The largest absolute Gasteiger partial charge is 0.348 e. The fourth-order valence-corrected chi connectivity index (χ4v) is 2.21. The molecule has 7 heteroatoms. The second-order valence-electron chi connectivity index (χ2n) is 4.09. The van der Waals surface area contributed by atoms with E-state index in [1.54, 1.807) is 29.2 Å². The molecule has 0 aliphatic rings. The summed E-state index contributed by atoms with van der Waals surface area (Å²) in [5.41, 5.74) is 0.446. The molecule has 1 aromatic carbocycles.